The summed E-state index contributed by atoms with van der Waals surface area (Å²) in [5.41, 5.74) is 1.33. The quantitative estimate of drug-likeness (QED) is 0.613. The average molecular weight is 380 g/mol. The largest absolute Gasteiger partial charge is 0.490 e. The van der Waals surface area contributed by atoms with Gasteiger partial charge in [-0.2, -0.15) is 12.8 Å². The molecule has 1 aliphatic rings. The Hall–Kier alpha value is -2.29. The van der Waals surface area contributed by atoms with E-state index in [0.29, 0.717) is 24.0 Å². The van der Waals surface area contributed by atoms with Crippen molar-refractivity contribution in [2.45, 2.75) is 24.3 Å². The van der Waals surface area contributed by atoms with E-state index < -0.39 is 16.1 Å². The number of nitrogens with zero attached hydrogens (tertiary/aromatic N) is 1. The maximum absolute atomic E-state index is 13.0. The van der Waals surface area contributed by atoms with Crippen LogP contribution in [0.3, 0.4) is 0 Å². The van der Waals surface area contributed by atoms with Crippen molar-refractivity contribution in [3.05, 3.63) is 60.2 Å². The summed E-state index contributed by atoms with van der Waals surface area (Å²) in [6.07, 6.45) is 3.95. The third kappa shape index (κ3) is 5.91. The molecular weight excluding hydrogens is 359 g/mol. The normalized spacial score (nSPS) is 16.0. The fourth-order valence-electron chi connectivity index (χ4n) is 2.06. The first-order chi connectivity index (χ1) is 12.3. The number of hydrogen-bond donors (Lipinski definition) is 2. The van der Waals surface area contributed by atoms with E-state index >= 15 is 0 Å². The molecule has 1 aromatic heterocycles. The summed E-state index contributed by atoms with van der Waals surface area (Å²) < 4.78 is 48.0. The van der Waals surface area contributed by atoms with Crippen molar-refractivity contribution in [2.24, 2.45) is 0 Å². The molecule has 0 radical (unpaired) electrons. The number of hydrogen-bond acceptors (Lipinski definition) is 5. The Morgan fingerprint density at radius 2 is 2.08 bits per heavy atom. The number of nitrogens with one attached hydrogen (secondary N) is 1. The Bertz CT molecular complexity index is 850. The molecule has 0 unspecified atom stereocenters. The molecule has 1 atom stereocenters. The second kappa shape index (κ2) is 8.88. The molecule has 0 bridgehead atoms. The van der Waals surface area contributed by atoms with Gasteiger partial charge in [0.1, 0.15) is 12.4 Å². The zero-order chi connectivity index (χ0) is 19.2. The van der Waals surface area contributed by atoms with Crippen LogP contribution in [0.15, 0.2) is 48.0 Å². The van der Waals surface area contributed by atoms with Crippen molar-refractivity contribution in [1.29, 1.82) is 0 Å². The van der Waals surface area contributed by atoms with Crippen molar-refractivity contribution in [3.8, 4) is 5.75 Å². The van der Waals surface area contributed by atoms with Gasteiger partial charge in [-0.05, 0) is 38.1 Å². The van der Waals surface area contributed by atoms with E-state index in [1.807, 2.05) is 6.92 Å². The maximum atomic E-state index is 13.0. The molecule has 2 N–H and O–H groups in total. The molecule has 1 aromatic carbocycles. The molecule has 140 valence electrons. The number of ether oxygens (including phenoxy) is 1. The topological polar surface area (TPSA) is 88.5 Å². The molecule has 1 aliphatic heterocycles. The highest BCUT2D eigenvalue weighted by atomic mass is 32.2. The Balaban J connectivity index is 0.000000197. The van der Waals surface area contributed by atoms with Gasteiger partial charge in [-0.15, -0.1) is 0 Å². The zero-order valence-electron chi connectivity index (χ0n) is 14.4. The van der Waals surface area contributed by atoms with Gasteiger partial charge in [0.05, 0.1) is 11.1 Å². The van der Waals surface area contributed by atoms with Gasteiger partial charge < -0.3 is 10.1 Å². The molecule has 3 rings (SSSR count). The third-order valence-corrected chi connectivity index (χ3v) is 4.62. The Labute approximate surface area is 152 Å². The van der Waals surface area contributed by atoms with Crippen LogP contribution in [0.2, 0.25) is 0 Å². The van der Waals surface area contributed by atoms with Crippen LogP contribution in [0.1, 0.15) is 17.5 Å². The molecule has 1 saturated heterocycles. The van der Waals surface area contributed by atoms with Gasteiger partial charge in [0.15, 0.2) is 0 Å². The van der Waals surface area contributed by atoms with Crippen molar-refractivity contribution < 1.29 is 22.1 Å². The van der Waals surface area contributed by atoms with Crippen molar-refractivity contribution in [1.82, 2.24) is 10.3 Å². The molecule has 1 fully saturated rings. The van der Waals surface area contributed by atoms with E-state index in [-0.39, 0.29) is 4.90 Å². The summed E-state index contributed by atoms with van der Waals surface area (Å²) in [7, 11) is -4.02. The number of rotatable bonds is 5. The minimum Gasteiger partial charge on any atom is -0.490 e. The zero-order valence-corrected chi connectivity index (χ0v) is 15.2. The van der Waals surface area contributed by atoms with Crippen molar-refractivity contribution >= 4 is 16.2 Å². The summed E-state index contributed by atoms with van der Waals surface area (Å²) in [6, 6.07) is 8.01. The van der Waals surface area contributed by atoms with Crippen LogP contribution in [0, 0.1) is 12.9 Å². The van der Waals surface area contributed by atoms with Crippen LogP contribution in [-0.2, 0) is 10.1 Å². The van der Waals surface area contributed by atoms with Gasteiger partial charge in [-0.25, -0.2) is 4.98 Å². The lowest BCUT2D eigenvalue weighted by Gasteiger charge is -2.27. The Kier molecular flexibility index (Phi) is 6.84. The van der Waals surface area contributed by atoms with E-state index in [4.69, 9.17) is 9.29 Å². The number of aromatic nitrogens is 1. The Morgan fingerprint density at radius 1 is 1.42 bits per heavy atom. The minimum absolute atomic E-state index is 0.0666. The van der Waals surface area contributed by atoms with Gasteiger partial charge in [-0.1, -0.05) is 30.4 Å². The summed E-state index contributed by atoms with van der Waals surface area (Å²) in [5, 5.41) is 3.22. The molecule has 26 heavy (non-hydrogen) atoms. The molecule has 2 aromatic rings. The number of pyridine rings is 1. The fraction of sp³-hybridized carbons (Fsp3) is 0.278. The van der Waals surface area contributed by atoms with Crippen LogP contribution in [0.5, 0.6) is 5.75 Å². The summed E-state index contributed by atoms with van der Waals surface area (Å²) in [5.74, 6) is 0.0686. The minimum atomic E-state index is -4.02. The first-order valence-electron chi connectivity index (χ1n) is 7.98. The van der Waals surface area contributed by atoms with Crippen LogP contribution in [0.4, 0.5) is 4.39 Å². The van der Waals surface area contributed by atoms with Crippen LogP contribution < -0.4 is 10.1 Å². The van der Waals surface area contributed by atoms with Gasteiger partial charge >= 0.3 is 0 Å². The highest BCUT2D eigenvalue weighted by molar-refractivity contribution is 7.85. The molecule has 0 aliphatic carbocycles. The SMILES string of the molecule is C=Cc1cc(OC[C@H]2CCN2)cnc1F.Cc1ccc(S(=O)(=O)O)cc1. The molecule has 8 heteroatoms. The van der Waals surface area contributed by atoms with Gasteiger partial charge in [0.2, 0.25) is 5.95 Å². The molecule has 0 saturated carbocycles. The molecular formula is C18H21FN2O4S. The predicted octanol–water partition coefficient (Wildman–Crippen LogP) is 2.85. The van der Waals surface area contributed by atoms with Crippen LogP contribution in [0.25, 0.3) is 6.08 Å². The predicted molar refractivity (Wildman–Crippen MR) is 97.2 cm³/mol. The third-order valence-electron chi connectivity index (χ3n) is 3.76. The lowest BCUT2D eigenvalue weighted by Crippen LogP contribution is -2.46. The Morgan fingerprint density at radius 3 is 2.58 bits per heavy atom. The number of halogens is 1. The lowest BCUT2D eigenvalue weighted by atomic mass is 10.1. The fourth-order valence-corrected chi connectivity index (χ4v) is 2.54. The van der Waals surface area contributed by atoms with E-state index in [0.717, 1.165) is 18.5 Å². The van der Waals surface area contributed by atoms with Gasteiger partial charge in [-0.3, -0.25) is 4.55 Å². The summed E-state index contributed by atoms with van der Waals surface area (Å²) in [4.78, 5) is 3.52. The lowest BCUT2D eigenvalue weighted by molar-refractivity contribution is 0.216. The second-order valence-electron chi connectivity index (χ2n) is 5.79. The summed E-state index contributed by atoms with van der Waals surface area (Å²) >= 11 is 0. The number of aryl methyl sites for hydroxylation is 1. The van der Waals surface area contributed by atoms with Crippen LogP contribution in [-0.4, -0.2) is 37.1 Å². The second-order valence-corrected chi connectivity index (χ2v) is 7.22. The molecule has 0 amide bonds. The number of benzene rings is 1. The van der Waals surface area contributed by atoms with Gasteiger partial charge in [0, 0.05) is 11.6 Å². The van der Waals surface area contributed by atoms with Crippen molar-refractivity contribution in [2.75, 3.05) is 13.2 Å². The average Bonchev–Trinajstić information content (AvgIpc) is 2.55. The van der Waals surface area contributed by atoms with E-state index in [9.17, 15) is 12.8 Å². The summed E-state index contributed by atoms with van der Waals surface area (Å²) in [6.45, 7) is 7.00. The first kappa shape index (κ1) is 20.0. The standard InChI is InChI=1S/C11H13FN2O.C7H8O3S/c1-2-8-5-10(6-14-11(8)12)15-7-9-3-4-13-9;1-6-2-4-7(5-3-6)11(8,9)10/h2,5-6,9,13H,1,3-4,7H2;2-5H,1H3,(H,8,9,10)/t9-;/m1./s1. The van der Waals surface area contributed by atoms with E-state index in [2.05, 4.69) is 16.9 Å². The highest BCUT2D eigenvalue weighted by Gasteiger charge is 2.16. The van der Waals surface area contributed by atoms with Crippen molar-refractivity contribution in [3.63, 3.8) is 0 Å². The monoisotopic (exact) mass is 380 g/mol. The van der Waals surface area contributed by atoms with E-state index in [1.54, 1.807) is 18.2 Å². The smallest absolute Gasteiger partial charge is 0.294 e. The van der Waals surface area contributed by atoms with E-state index in [1.165, 1.54) is 24.4 Å². The first-order valence-corrected chi connectivity index (χ1v) is 9.42. The molecule has 0 spiro atoms. The van der Waals surface area contributed by atoms with Crippen LogP contribution >= 0.6 is 0 Å². The molecule has 2 heterocycles. The maximum Gasteiger partial charge on any atom is 0.294 e. The molecule has 6 nitrogen and oxygen atoms in total. The van der Waals surface area contributed by atoms with Gasteiger partial charge in [0.25, 0.3) is 10.1 Å². The highest BCUT2D eigenvalue weighted by Crippen LogP contribution is 2.16.